The highest BCUT2D eigenvalue weighted by Crippen LogP contribution is 2.31. The SMILES string of the molecule is C=CCOC1CN(C(=O)O)CCC1c1ccc(OCCCOc2ccccc2Cl)cc1. The molecule has 166 valence electrons. The van der Waals surface area contributed by atoms with E-state index < -0.39 is 6.09 Å². The van der Waals surface area contributed by atoms with Gasteiger partial charge in [0, 0.05) is 18.9 Å². The number of likely N-dealkylation sites (tertiary alicyclic amines) is 1. The minimum Gasteiger partial charge on any atom is -0.493 e. The van der Waals surface area contributed by atoms with Gasteiger partial charge in [-0.1, -0.05) is 41.9 Å². The zero-order valence-electron chi connectivity index (χ0n) is 17.4. The molecule has 2 atom stereocenters. The van der Waals surface area contributed by atoms with E-state index in [4.69, 9.17) is 25.8 Å². The molecule has 2 aromatic rings. The van der Waals surface area contributed by atoms with Gasteiger partial charge >= 0.3 is 6.09 Å². The van der Waals surface area contributed by atoms with Crippen LogP contribution in [0.5, 0.6) is 11.5 Å². The van der Waals surface area contributed by atoms with Crippen LogP contribution in [0.25, 0.3) is 0 Å². The van der Waals surface area contributed by atoms with E-state index in [9.17, 15) is 9.90 Å². The third-order valence-corrected chi connectivity index (χ3v) is 5.53. The number of nitrogens with zero attached hydrogens (tertiary/aromatic N) is 1. The lowest BCUT2D eigenvalue weighted by atomic mass is 9.87. The molecule has 1 heterocycles. The first kappa shape index (κ1) is 23.0. The van der Waals surface area contributed by atoms with Gasteiger partial charge in [0.1, 0.15) is 11.5 Å². The lowest BCUT2D eigenvalue weighted by Crippen LogP contribution is -2.46. The average Bonchev–Trinajstić information content (AvgIpc) is 2.79. The summed E-state index contributed by atoms with van der Waals surface area (Å²) >= 11 is 6.07. The molecule has 1 amide bonds. The molecule has 2 unspecified atom stereocenters. The molecule has 1 saturated heterocycles. The number of carboxylic acid groups (broad SMARTS) is 1. The van der Waals surface area contributed by atoms with Crippen LogP contribution in [-0.4, -0.2) is 55.1 Å². The van der Waals surface area contributed by atoms with Gasteiger partial charge in [-0.05, 0) is 36.2 Å². The van der Waals surface area contributed by atoms with E-state index in [1.165, 1.54) is 4.90 Å². The number of carbonyl (C=O) groups is 1. The summed E-state index contributed by atoms with van der Waals surface area (Å²) in [6.07, 6.45) is 2.03. The summed E-state index contributed by atoms with van der Waals surface area (Å²) in [7, 11) is 0. The predicted octanol–water partition coefficient (Wildman–Crippen LogP) is 5.23. The van der Waals surface area contributed by atoms with Crippen LogP contribution in [0.3, 0.4) is 0 Å². The standard InChI is InChI=1S/C24H28ClNO5/c1-2-14-30-23-17-26(24(27)28)13-12-20(23)18-8-10-19(11-9-18)29-15-5-16-31-22-7-4-3-6-21(22)25/h2-4,6-11,20,23H,1,5,12-17H2,(H,27,28). The third-order valence-electron chi connectivity index (χ3n) is 5.22. The van der Waals surface area contributed by atoms with Crippen molar-refractivity contribution in [1.29, 1.82) is 0 Å². The fourth-order valence-corrected chi connectivity index (χ4v) is 3.83. The van der Waals surface area contributed by atoms with Crippen molar-refractivity contribution in [3.05, 3.63) is 71.8 Å². The Morgan fingerprint density at radius 3 is 2.61 bits per heavy atom. The van der Waals surface area contributed by atoms with Crippen molar-refractivity contribution in [3.63, 3.8) is 0 Å². The van der Waals surface area contributed by atoms with E-state index in [1.54, 1.807) is 12.1 Å². The number of rotatable bonds is 10. The number of ether oxygens (including phenoxy) is 3. The lowest BCUT2D eigenvalue weighted by molar-refractivity contribution is 0.00162. The van der Waals surface area contributed by atoms with Crippen LogP contribution in [0, 0.1) is 0 Å². The maximum Gasteiger partial charge on any atom is 0.407 e. The molecule has 0 saturated carbocycles. The Kier molecular flexibility index (Phi) is 8.62. The molecule has 3 rings (SSSR count). The Balaban J connectivity index is 1.48. The maximum absolute atomic E-state index is 11.3. The normalized spacial score (nSPS) is 18.4. The molecule has 1 N–H and O–H groups in total. The van der Waals surface area contributed by atoms with Crippen molar-refractivity contribution in [1.82, 2.24) is 4.90 Å². The van der Waals surface area contributed by atoms with Crippen LogP contribution < -0.4 is 9.47 Å². The molecule has 7 heteroatoms. The minimum absolute atomic E-state index is 0.133. The van der Waals surface area contributed by atoms with Crippen LogP contribution in [0.2, 0.25) is 5.02 Å². The van der Waals surface area contributed by atoms with Crippen LogP contribution in [0.15, 0.2) is 61.2 Å². The quantitative estimate of drug-likeness (QED) is 0.400. The molecule has 0 bridgehead atoms. The van der Waals surface area contributed by atoms with Crippen molar-refractivity contribution in [2.75, 3.05) is 32.9 Å². The van der Waals surface area contributed by atoms with E-state index in [-0.39, 0.29) is 12.0 Å². The fraction of sp³-hybridized carbons (Fsp3) is 0.375. The summed E-state index contributed by atoms with van der Waals surface area (Å²) < 4.78 is 17.3. The monoisotopic (exact) mass is 445 g/mol. The highest BCUT2D eigenvalue weighted by molar-refractivity contribution is 6.32. The van der Waals surface area contributed by atoms with Gasteiger partial charge in [0.15, 0.2) is 0 Å². The molecule has 6 nitrogen and oxygen atoms in total. The molecular formula is C24H28ClNO5. The summed E-state index contributed by atoms with van der Waals surface area (Å²) in [5, 5.41) is 9.89. The second-order valence-corrected chi connectivity index (χ2v) is 7.74. The molecule has 0 aliphatic carbocycles. The number of benzene rings is 2. The fourth-order valence-electron chi connectivity index (χ4n) is 3.64. The van der Waals surface area contributed by atoms with Gasteiger partial charge in [-0.25, -0.2) is 4.79 Å². The maximum atomic E-state index is 11.3. The average molecular weight is 446 g/mol. The van der Waals surface area contributed by atoms with Crippen molar-refractivity contribution in [3.8, 4) is 11.5 Å². The largest absolute Gasteiger partial charge is 0.493 e. The van der Waals surface area contributed by atoms with E-state index >= 15 is 0 Å². The van der Waals surface area contributed by atoms with Gasteiger partial charge in [-0.3, -0.25) is 0 Å². The molecule has 1 fully saturated rings. The number of hydrogen-bond donors (Lipinski definition) is 1. The first-order valence-corrected chi connectivity index (χ1v) is 10.8. The van der Waals surface area contributed by atoms with Gasteiger partial charge in [0.05, 0.1) is 37.5 Å². The van der Waals surface area contributed by atoms with Gasteiger partial charge in [0.25, 0.3) is 0 Å². The highest BCUT2D eigenvalue weighted by Gasteiger charge is 2.33. The van der Waals surface area contributed by atoms with Crippen LogP contribution in [-0.2, 0) is 4.74 Å². The van der Waals surface area contributed by atoms with Crippen LogP contribution >= 0.6 is 11.6 Å². The van der Waals surface area contributed by atoms with Crippen LogP contribution in [0.4, 0.5) is 4.79 Å². The third kappa shape index (κ3) is 6.64. The number of para-hydroxylation sites is 1. The molecule has 1 aliphatic heterocycles. The minimum atomic E-state index is -0.909. The summed E-state index contributed by atoms with van der Waals surface area (Å²) in [4.78, 5) is 12.7. The Morgan fingerprint density at radius 2 is 1.90 bits per heavy atom. The van der Waals surface area contributed by atoms with Gasteiger partial charge in [-0.2, -0.15) is 0 Å². The second kappa shape index (κ2) is 11.6. The molecular weight excluding hydrogens is 418 g/mol. The first-order valence-electron chi connectivity index (χ1n) is 10.4. The van der Waals surface area contributed by atoms with E-state index in [0.29, 0.717) is 50.1 Å². The van der Waals surface area contributed by atoms with Gasteiger partial charge in [0.2, 0.25) is 0 Å². The Bertz CT molecular complexity index is 857. The van der Waals surface area contributed by atoms with Crippen molar-refractivity contribution in [2.45, 2.75) is 24.9 Å². The van der Waals surface area contributed by atoms with Crippen molar-refractivity contribution < 1.29 is 24.1 Å². The summed E-state index contributed by atoms with van der Waals surface area (Å²) in [6, 6.07) is 15.3. The number of halogens is 1. The summed E-state index contributed by atoms with van der Waals surface area (Å²) in [5.41, 5.74) is 1.12. The lowest BCUT2D eigenvalue weighted by Gasteiger charge is -2.37. The molecule has 2 aromatic carbocycles. The molecule has 0 spiro atoms. The number of amides is 1. The zero-order chi connectivity index (χ0) is 22.1. The zero-order valence-corrected chi connectivity index (χ0v) is 18.2. The van der Waals surface area contributed by atoms with E-state index in [2.05, 4.69) is 6.58 Å². The molecule has 1 aliphatic rings. The first-order chi connectivity index (χ1) is 15.1. The number of hydrogen-bond acceptors (Lipinski definition) is 4. The Morgan fingerprint density at radius 1 is 1.16 bits per heavy atom. The molecule has 0 radical (unpaired) electrons. The highest BCUT2D eigenvalue weighted by atomic mass is 35.5. The molecule has 31 heavy (non-hydrogen) atoms. The van der Waals surface area contributed by atoms with E-state index in [0.717, 1.165) is 17.7 Å². The Hall–Kier alpha value is -2.70. The van der Waals surface area contributed by atoms with Crippen molar-refractivity contribution >= 4 is 17.7 Å². The van der Waals surface area contributed by atoms with Crippen molar-refractivity contribution in [2.24, 2.45) is 0 Å². The van der Waals surface area contributed by atoms with Gasteiger partial charge in [-0.15, -0.1) is 6.58 Å². The topological polar surface area (TPSA) is 68.2 Å². The van der Waals surface area contributed by atoms with E-state index in [1.807, 2.05) is 42.5 Å². The Labute approximate surface area is 188 Å². The molecule has 0 aromatic heterocycles. The van der Waals surface area contributed by atoms with Gasteiger partial charge < -0.3 is 24.2 Å². The summed E-state index contributed by atoms with van der Waals surface area (Å²) in [6.45, 7) is 5.99. The second-order valence-electron chi connectivity index (χ2n) is 7.33. The van der Waals surface area contributed by atoms with Crippen LogP contribution in [0.1, 0.15) is 24.3 Å². The summed E-state index contributed by atoms with van der Waals surface area (Å²) in [5.74, 6) is 1.59. The predicted molar refractivity (Wildman–Crippen MR) is 120 cm³/mol. The smallest absolute Gasteiger partial charge is 0.407 e. The number of piperidine rings is 1.